The molecular formula is C36H44O6Si. The molecule has 0 amide bonds. The highest BCUT2D eigenvalue weighted by Crippen LogP contribution is 2.39. The van der Waals surface area contributed by atoms with Crippen molar-refractivity contribution >= 4 is 25.7 Å². The minimum Gasteiger partial charge on any atom is -0.496 e. The van der Waals surface area contributed by atoms with Gasteiger partial charge in [0, 0.05) is 52.8 Å². The van der Waals surface area contributed by atoms with Gasteiger partial charge in [0.05, 0.1) is 14.2 Å². The number of carbonyl (C=O) groups is 3. The van der Waals surface area contributed by atoms with Gasteiger partial charge in [-0.05, 0) is 61.2 Å². The number of benzene rings is 3. The minimum absolute atomic E-state index is 0.0291. The summed E-state index contributed by atoms with van der Waals surface area (Å²) in [6.07, 6.45) is 3.22. The molecule has 3 aromatic carbocycles. The van der Waals surface area contributed by atoms with E-state index in [1.165, 1.54) is 0 Å². The molecule has 0 bridgehead atoms. The lowest BCUT2D eigenvalue weighted by atomic mass is 9.78. The van der Waals surface area contributed by atoms with E-state index in [1.807, 2.05) is 25.1 Å². The van der Waals surface area contributed by atoms with E-state index in [4.69, 9.17) is 13.9 Å². The Labute approximate surface area is 256 Å². The summed E-state index contributed by atoms with van der Waals surface area (Å²) in [6, 6.07) is 14.0. The summed E-state index contributed by atoms with van der Waals surface area (Å²) in [7, 11) is 1.35. The molecular weight excluding hydrogens is 556 g/mol. The molecule has 43 heavy (non-hydrogen) atoms. The van der Waals surface area contributed by atoms with Crippen molar-refractivity contribution in [2.24, 2.45) is 0 Å². The Morgan fingerprint density at radius 1 is 0.791 bits per heavy atom. The van der Waals surface area contributed by atoms with Crippen molar-refractivity contribution in [3.05, 3.63) is 93.0 Å². The number of carbonyl (C=O) groups excluding carboxylic acids is 3. The Balaban J connectivity index is 1.60. The second-order valence-electron chi connectivity index (χ2n) is 12.8. The average Bonchev–Trinajstić information content (AvgIpc) is 2.97. The van der Waals surface area contributed by atoms with Crippen molar-refractivity contribution in [3.63, 3.8) is 0 Å². The van der Waals surface area contributed by atoms with Gasteiger partial charge in [0.2, 0.25) is 0 Å². The molecule has 0 fully saturated rings. The molecule has 0 N–H and O–H groups in total. The van der Waals surface area contributed by atoms with Gasteiger partial charge < -0.3 is 13.9 Å². The molecule has 3 aromatic rings. The molecule has 1 aliphatic carbocycles. The highest BCUT2D eigenvalue weighted by atomic mass is 28.4. The summed E-state index contributed by atoms with van der Waals surface area (Å²) in [5.41, 5.74) is 4.17. The van der Waals surface area contributed by atoms with E-state index in [1.54, 1.807) is 44.6 Å². The third-order valence-electron chi connectivity index (χ3n) is 9.10. The van der Waals surface area contributed by atoms with Gasteiger partial charge in [-0.15, -0.1) is 0 Å². The van der Waals surface area contributed by atoms with Crippen molar-refractivity contribution < 1.29 is 28.3 Å². The molecule has 1 aliphatic rings. The molecule has 0 unspecified atom stereocenters. The summed E-state index contributed by atoms with van der Waals surface area (Å²) in [5, 5.41) is 0.174. The average molecular weight is 601 g/mol. The van der Waals surface area contributed by atoms with Crippen LogP contribution < -0.4 is 9.47 Å². The Bertz CT molecular complexity index is 1550. The smallest absolute Gasteiger partial charge is 0.194 e. The standard InChI is InChI=1S/C36H44O6Si/c1-23-27(33-29(22-32(23)41-6)34(38)25-15-11-12-16-26(25)35(33)39)21-28-24(17-14-19-31(28)40-5)30(37)18-10-9-13-20-42-43(7,8)36(2,3)4/h11-12,14-17,19,22H,9-10,13,18,20-21H2,1-8H3. The highest BCUT2D eigenvalue weighted by molar-refractivity contribution is 6.74. The molecule has 0 saturated carbocycles. The van der Waals surface area contributed by atoms with E-state index < -0.39 is 8.32 Å². The lowest BCUT2D eigenvalue weighted by Gasteiger charge is -2.36. The first-order valence-corrected chi connectivity index (χ1v) is 17.9. The Morgan fingerprint density at radius 2 is 1.44 bits per heavy atom. The van der Waals surface area contributed by atoms with E-state index in [-0.39, 0.29) is 28.8 Å². The van der Waals surface area contributed by atoms with Gasteiger partial charge >= 0.3 is 0 Å². The largest absolute Gasteiger partial charge is 0.496 e. The number of methoxy groups -OCH3 is 2. The van der Waals surface area contributed by atoms with E-state index in [2.05, 4.69) is 33.9 Å². The lowest BCUT2D eigenvalue weighted by molar-refractivity contribution is 0.0975. The molecule has 0 saturated heterocycles. The third kappa shape index (κ3) is 6.53. The number of fused-ring (bicyclic) bond motifs is 2. The van der Waals surface area contributed by atoms with Gasteiger partial charge in [0.1, 0.15) is 11.5 Å². The van der Waals surface area contributed by atoms with Crippen LogP contribution in [-0.2, 0) is 10.8 Å². The topological polar surface area (TPSA) is 78.9 Å². The fourth-order valence-corrected chi connectivity index (χ4v) is 6.55. The molecule has 7 heteroatoms. The number of ether oxygens (including phenoxy) is 2. The lowest BCUT2D eigenvalue weighted by Crippen LogP contribution is -2.40. The fourth-order valence-electron chi connectivity index (χ4n) is 5.46. The quantitative estimate of drug-likeness (QED) is 0.0928. The van der Waals surface area contributed by atoms with Crippen LogP contribution in [-0.4, -0.2) is 46.5 Å². The van der Waals surface area contributed by atoms with Gasteiger partial charge in [-0.1, -0.05) is 63.6 Å². The van der Waals surface area contributed by atoms with Gasteiger partial charge in [0.15, 0.2) is 25.7 Å². The second-order valence-corrected chi connectivity index (χ2v) is 17.6. The van der Waals surface area contributed by atoms with Crippen LogP contribution in [0.15, 0.2) is 48.5 Å². The number of Topliss-reactive ketones (excluding diaryl/α,β-unsaturated/α-hetero) is 1. The van der Waals surface area contributed by atoms with Crippen LogP contribution in [0.5, 0.6) is 11.5 Å². The van der Waals surface area contributed by atoms with Crippen LogP contribution in [0.25, 0.3) is 0 Å². The van der Waals surface area contributed by atoms with Crippen LogP contribution in [0.4, 0.5) is 0 Å². The molecule has 0 radical (unpaired) electrons. The van der Waals surface area contributed by atoms with E-state index >= 15 is 0 Å². The molecule has 0 spiro atoms. The van der Waals surface area contributed by atoms with Crippen LogP contribution >= 0.6 is 0 Å². The summed E-state index contributed by atoms with van der Waals surface area (Å²) in [6.45, 7) is 13.8. The van der Waals surface area contributed by atoms with E-state index in [0.717, 1.165) is 24.8 Å². The summed E-state index contributed by atoms with van der Waals surface area (Å²) in [4.78, 5) is 41.0. The number of ketones is 3. The predicted octanol–water partition coefficient (Wildman–Crippen LogP) is 8.14. The molecule has 4 rings (SSSR count). The van der Waals surface area contributed by atoms with Crippen molar-refractivity contribution in [1.29, 1.82) is 0 Å². The monoisotopic (exact) mass is 600 g/mol. The summed E-state index contributed by atoms with van der Waals surface area (Å²) >= 11 is 0. The first-order chi connectivity index (χ1) is 20.3. The van der Waals surface area contributed by atoms with Crippen LogP contribution in [0.2, 0.25) is 18.1 Å². The van der Waals surface area contributed by atoms with Crippen molar-refractivity contribution in [1.82, 2.24) is 0 Å². The molecule has 0 heterocycles. The fraction of sp³-hybridized carbons (Fsp3) is 0.417. The molecule has 0 aliphatic heterocycles. The summed E-state index contributed by atoms with van der Waals surface area (Å²) < 4.78 is 17.7. The summed E-state index contributed by atoms with van der Waals surface area (Å²) in [5.74, 6) is 0.713. The van der Waals surface area contributed by atoms with E-state index in [0.29, 0.717) is 63.5 Å². The van der Waals surface area contributed by atoms with E-state index in [9.17, 15) is 14.4 Å². The maximum atomic E-state index is 13.8. The first-order valence-electron chi connectivity index (χ1n) is 15.0. The Hall–Kier alpha value is -3.55. The number of hydrogen-bond donors (Lipinski definition) is 0. The zero-order valence-electron chi connectivity index (χ0n) is 26.8. The SMILES string of the molecule is COc1cc2c(c(Cc3c(OC)cccc3C(=O)CCCCCO[Si](C)(C)C(C)(C)C)c1C)C(=O)c1ccccc1C2=O. The number of hydrogen-bond acceptors (Lipinski definition) is 6. The number of unbranched alkanes of at least 4 members (excludes halogenated alkanes) is 2. The van der Waals surface area contributed by atoms with Gasteiger partial charge in [-0.2, -0.15) is 0 Å². The zero-order chi connectivity index (χ0) is 31.5. The Kier molecular flexibility index (Phi) is 9.77. The molecule has 0 atom stereocenters. The second kappa shape index (κ2) is 13.0. The van der Waals surface area contributed by atoms with Crippen molar-refractivity contribution in [2.75, 3.05) is 20.8 Å². The molecule has 6 nitrogen and oxygen atoms in total. The third-order valence-corrected chi connectivity index (χ3v) is 13.6. The van der Waals surface area contributed by atoms with Gasteiger partial charge in [-0.25, -0.2) is 0 Å². The minimum atomic E-state index is -1.78. The normalized spacial score (nSPS) is 13.0. The highest BCUT2D eigenvalue weighted by Gasteiger charge is 2.37. The van der Waals surface area contributed by atoms with Crippen LogP contribution in [0.1, 0.15) is 105 Å². The van der Waals surface area contributed by atoms with Gasteiger partial charge in [0.25, 0.3) is 0 Å². The number of rotatable bonds is 12. The molecule has 228 valence electrons. The predicted molar refractivity (Wildman–Crippen MR) is 173 cm³/mol. The van der Waals surface area contributed by atoms with Crippen LogP contribution in [0, 0.1) is 6.92 Å². The van der Waals surface area contributed by atoms with Crippen molar-refractivity contribution in [3.8, 4) is 11.5 Å². The zero-order valence-corrected chi connectivity index (χ0v) is 27.8. The van der Waals surface area contributed by atoms with Crippen molar-refractivity contribution in [2.45, 2.75) is 77.9 Å². The maximum absolute atomic E-state index is 13.8. The first kappa shape index (κ1) is 32.4. The van der Waals surface area contributed by atoms with Gasteiger partial charge in [-0.3, -0.25) is 14.4 Å². The Morgan fingerprint density at radius 3 is 2.07 bits per heavy atom. The molecule has 0 aromatic heterocycles. The van der Waals surface area contributed by atoms with Crippen LogP contribution in [0.3, 0.4) is 0 Å². The maximum Gasteiger partial charge on any atom is 0.194 e.